The Labute approximate surface area is 692 Å². The van der Waals surface area contributed by atoms with Gasteiger partial charge < -0.3 is 58.3 Å². The fourth-order valence-electron chi connectivity index (χ4n) is 8.86. The summed E-state index contributed by atoms with van der Waals surface area (Å²) >= 11 is 0. The van der Waals surface area contributed by atoms with E-state index in [4.69, 9.17) is 142 Å². The minimum atomic E-state index is -0.182. The first-order chi connectivity index (χ1) is 56.7. The third kappa shape index (κ3) is 45.1. The summed E-state index contributed by atoms with van der Waals surface area (Å²) < 4.78 is 41.3. The smallest absolute Gasteiger partial charge is 0.260 e. The quantitative estimate of drug-likeness (QED) is 0.00807. The molecule has 36 N–H and O–H groups in total. The van der Waals surface area contributed by atoms with Crippen LogP contribution in [-0.4, -0.2) is 226 Å². The zero-order chi connectivity index (χ0) is 89.2. The molecule has 0 spiro atoms. The number of methoxy groups -OCH3 is 8. The number of phenolic OH excluding ortho intramolecular Hbond substituents is 4. The monoisotopic (exact) mass is 1640 g/mol. The molecule has 0 aliphatic heterocycles. The second-order valence-electron chi connectivity index (χ2n) is 24.5. The van der Waals surface area contributed by atoms with E-state index in [1.807, 2.05) is 104 Å². The van der Waals surface area contributed by atoms with E-state index in [9.17, 15) is 5.11 Å². The number of benzene rings is 8. The van der Waals surface area contributed by atoms with Crippen molar-refractivity contribution < 1.29 is 102 Å². The van der Waals surface area contributed by atoms with Gasteiger partial charge in [-0.2, -0.15) is 0 Å². The van der Waals surface area contributed by atoms with E-state index in [0.717, 1.165) is 50.6 Å². The minimum Gasteiger partial charge on any atom is -0.508 e. The average Bonchev–Trinajstić information content (AvgIpc) is 0.855. The Kier molecular flexibility index (Phi) is 49.8. The zero-order valence-electron chi connectivity index (χ0n) is 69.1. The number of hydrogen-bond acceptors (Lipinski definition) is 20. The number of ether oxygens (including phenoxy) is 8. The number of rotatable bonds is 32. The van der Waals surface area contributed by atoms with E-state index in [2.05, 4.69) is 72.0 Å². The van der Waals surface area contributed by atoms with Crippen LogP contribution < -0.4 is 127 Å². The summed E-state index contributed by atoms with van der Waals surface area (Å²) in [5.74, 6) is 7.61. The van der Waals surface area contributed by atoms with Crippen molar-refractivity contribution in [3.63, 3.8) is 0 Å². The highest BCUT2D eigenvalue weighted by Gasteiger charge is 2.10. The highest BCUT2D eigenvalue weighted by molar-refractivity contribution is 5.92. The van der Waals surface area contributed by atoms with Crippen molar-refractivity contribution in [1.82, 2.24) is 0 Å². The first-order valence-electron chi connectivity index (χ1n) is 35.6. The van der Waals surface area contributed by atoms with Crippen molar-refractivity contribution in [2.24, 2.45) is 85.8 Å². The van der Waals surface area contributed by atoms with Gasteiger partial charge in [-0.25, -0.2) is 0 Å². The third-order valence-corrected chi connectivity index (χ3v) is 14.4. The molecule has 36 nitrogen and oxygen atoms in total. The fourth-order valence-corrected chi connectivity index (χ4v) is 8.86. The van der Waals surface area contributed by atoms with Crippen LogP contribution in [0.25, 0.3) is 0 Å². The van der Waals surface area contributed by atoms with Crippen molar-refractivity contribution in [1.29, 1.82) is 0 Å². The Morgan fingerprint density at radius 1 is 0.277 bits per heavy atom. The molecule has 0 radical (unpaired) electrons. The second kappa shape index (κ2) is 58.4. The van der Waals surface area contributed by atoms with Crippen molar-refractivity contribution in [2.75, 3.05) is 109 Å². The molecule has 0 saturated carbocycles. The zero-order valence-corrected chi connectivity index (χ0v) is 69.1. The summed E-state index contributed by atoms with van der Waals surface area (Å²) in [5.41, 5.74) is 52.5. The lowest BCUT2D eigenvalue weighted by molar-refractivity contribution is -0.117. The van der Waals surface area contributed by atoms with E-state index in [1.165, 1.54) is 59.5 Å². The molecule has 0 bridgehead atoms. The van der Waals surface area contributed by atoms with Gasteiger partial charge in [0.2, 0.25) is 0 Å². The molecule has 119 heavy (non-hydrogen) atoms. The maximum absolute atomic E-state index is 9.33. The van der Waals surface area contributed by atoms with E-state index in [0.29, 0.717) is 84.3 Å². The Balaban J connectivity index is 0.000000681. The summed E-state index contributed by atoms with van der Waals surface area (Å²) in [4.78, 5) is 32.3. The molecule has 0 aromatic heterocycles. The summed E-state index contributed by atoms with van der Waals surface area (Å²) in [6.45, 7) is 8.54. The van der Waals surface area contributed by atoms with E-state index >= 15 is 0 Å². The van der Waals surface area contributed by atoms with Gasteiger partial charge in [-0.05, 0) is 151 Å². The number of aryl methyl sites for hydroxylation is 3. The van der Waals surface area contributed by atoms with Crippen molar-refractivity contribution in [3.05, 3.63) is 213 Å². The number of hydrogen-bond donors (Lipinski definition) is 20. The van der Waals surface area contributed by atoms with Crippen LogP contribution in [0.4, 0.5) is 0 Å². The molecule has 0 saturated heterocycles. The molecule has 0 unspecified atom stereocenters. The maximum Gasteiger partial charge on any atom is 0.260 e. The van der Waals surface area contributed by atoms with Crippen LogP contribution in [0.2, 0.25) is 0 Å². The van der Waals surface area contributed by atoms with Crippen molar-refractivity contribution >= 4 is 96.4 Å². The summed E-state index contributed by atoms with van der Waals surface area (Å²) in [6, 6.07) is 44.7. The maximum atomic E-state index is 9.33. The molecule has 36 heteroatoms. The van der Waals surface area contributed by atoms with E-state index in [1.54, 1.807) is 100 Å². The molecule has 0 atom stereocenters. The second-order valence-corrected chi connectivity index (χ2v) is 24.5. The van der Waals surface area contributed by atoms with Crippen LogP contribution in [0.3, 0.4) is 0 Å². The molecule has 8 aromatic rings. The van der Waals surface area contributed by atoms with E-state index in [-0.39, 0.29) is 77.6 Å². The van der Waals surface area contributed by atoms with Crippen molar-refractivity contribution in [3.8, 4) is 69.0 Å². The molecular weight excluding hydrogens is 1530 g/mol. The number of nitrogens with two attached hydrogens (primary N) is 16. The summed E-state index contributed by atoms with van der Waals surface area (Å²) in [7, 11) is 12.8. The molecule has 0 aliphatic carbocycles. The lowest BCUT2D eigenvalue weighted by Crippen LogP contribution is -2.47. The highest BCUT2D eigenvalue weighted by Crippen LogP contribution is 2.29. The van der Waals surface area contributed by atoms with Gasteiger partial charge in [-0.3, -0.25) is 129 Å². The normalized spacial score (nSPS) is 10.5. The van der Waals surface area contributed by atoms with Crippen LogP contribution in [0.1, 0.15) is 61.2 Å². The van der Waals surface area contributed by atoms with Crippen LogP contribution >= 0.6 is 0 Å². The number of aromatic hydroxyl groups is 4. The van der Waals surface area contributed by atoms with Gasteiger partial charge in [-0.1, -0.05) is 54.1 Å². The summed E-state index contributed by atoms with van der Waals surface area (Å²) in [5, 5.41) is 78.8. The Hall–Kier alpha value is -15.5. The van der Waals surface area contributed by atoms with Gasteiger partial charge in [0.15, 0.2) is 23.0 Å². The average molecular weight is 1640 g/mol. The lowest BCUT2D eigenvalue weighted by atomic mass is 10.0. The number of aliphatic imine (C=N–C) groups is 8. The summed E-state index contributed by atoms with van der Waals surface area (Å²) in [6.07, 6.45) is 13.1. The molecule has 0 amide bonds. The predicted octanol–water partition coefficient (Wildman–Crippen LogP) is -6.41. The third-order valence-electron chi connectivity index (χ3n) is 14.4. The van der Waals surface area contributed by atoms with Gasteiger partial charge in [0, 0.05) is 72.5 Å². The van der Waals surface area contributed by atoms with Gasteiger partial charge >= 0.3 is 0 Å². The van der Waals surface area contributed by atoms with Crippen LogP contribution in [0, 0.1) is 20.8 Å². The number of nitrogens with zero attached hydrogens (tertiary/aromatic N) is 8. The lowest BCUT2D eigenvalue weighted by Gasteiger charge is -2.08. The molecular formula is C83H118N24O12+8. The Morgan fingerprint density at radius 2 is 0.639 bits per heavy atom. The van der Waals surface area contributed by atoms with Crippen LogP contribution in [0.15, 0.2) is 192 Å². The van der Waals surface area contributed by atoms with Crippen molar-refractivity contribution in [2.45, 2.75) is 20.8 Å². The predicted molar refractivity (Wildman–Crippen MR) is 473 cm³/mol. The largest absolute Gasteiger partial charge is 0.508 e. The van der Waals surface area contributed by atoms with E-state index < -0.39 is 0 Å². The molecule has 8 aromatic carbocycles. The number of amidine groups is 8. The minimum absolute atomic E-state index is 0.0437. The molecule has 0 heterocycles. The Bertz CT molecular complexity index is 4810. The molecule has 0 fully saturated rings. The van der Waals surface area contributed by atoms with Crippen LogP contribution in [0.5, 0.6) is 69.0 Å². The fraction of sp³-hybridized carbons (Fsp3) is 0.229. The standard InChI is InChI=1S/4C11H15N3O2.C11H15N3.C10H13N3.2C9H11N3O2/c1-15-9-3-4-10(16-2)8(5-9)6-14-7-11(12)13;1-15-9-4-3-8(10(5-9)16-2)6-14-7-11(12)13;1-15-9-4-3-8(5-10(9)16-2)6-14-7-11(12)13;1-15-9-4-3-5-10(16-2)8(9)6-14-7-11(12)13;1-8-4-3-5-9(2)10(8)6-14-7-11(12)13;1-8-3-2-4-9(5-8)6-13-7-10(11)12;10-9(11)5-12-4-6-3-7(13)1-2-8(6)14;10-9(11)5-12-4-6-1-2-7(13)8(14)3-6/h4*3-6H,7H2,1-2H3,(H3,12,13);3-6H,7H2,1-2H3,(H3,12,13);2-6H,7H2,1H3,(H3,11,12);2*1-4,13-14H,5H2,(H3,10,11)/p+8. The SMILES string of the molecule is COc1ccc(C=NCC(N)=[NH2+])c(OC)c1.COc1ccc(C=NCC(N)=[NH2+])cc1OC.COc1ccc(OC)c(C=NCC(N)=[NH2+])c1.COc1cccc(OC)c1C=NCC(N)=[NH2+].Cc1cccc(C)c1C=NCC(N)=[NH2+].Cc1cccc(C=NCC(N)=[NH2+])c1.NC(=[NH2+])CN=Cc1cc(O)ccc1O.NC(=[NH2+])CN=Cc1ccc(O)c(O)c1. The van der Waals surface area contributed by atoms with Gasteiger partial charge in [0.05, 0.1) is 62.4 Å². The van der Waals surface area contributed by atoms with Crippen LogP contribution in [-0.2, 0) is 0 Å². The Morgan fingerprint density at radius 3 is 1.08 bits per heavy atom. The molecule has 0 aliphatic rings. The highest BCUT2D eigenvalue weighted by atomic mass is 16.5. The first kappa shape index (κ1) is 101. The first-order valence-corrected chi connectivity index (χ1v) is 35.6. The number of phenols is 4. The molecule has 634 valence electrons. The van der Waals surface area contributed by atoms with Gasteiger partial charge in [-0.15, -0.1) is 0 Å². The topological polar surface area (TPSA) is 667 Å². The molecule has 8 rings (SSSR count). The van der Waals surface area contributed by atoms with Gasteiger partial charge in [0.1, 0.15) is 98.4 Å². The van der Waals surface area contributed by atoms with Gasteiger partial charge in [0.25, 0.3) is 46.7 Å².